The molecule has 0 aliphatic rings. The minimum absolute atomic E-state index is 0.156. The average molecular weight is 335 g/mol. The van der Waals surface area contributed by atoms with E-state index >= 15 is 0 Å². The SMILES string of the molecule is CC(=O)N(CCC(=O)Nc1cccc(C)c1C)c1cccc(C#N)c1. The van der Waals surface area contributed by atoms with Crippen LogP contribution < -0.4 is 10.2 Å². The highest BCUT2D eigenvalue weighted by atomic mass is 16.2. The van der Waals surface area contributed by atoms with Crippen molar-refractivity contribution in [2.45, 2.75) is 27.2 Å². The zero-order valence-corrected chi connectivity index (χ0v) is 14.7. The number of rotatable bonds is 5. The molecule has 0 atom stereocenters. The lowest BCUT2D eigenvalue weighted by molar-refractivity contribution is -0.117. The number of anilines is 2. The van der Waals surface area contributed by atoms with Crippen LogP contribution in [0.4, 0.5) is 11.4 Å². The summed E-state index contributed by atoms with van der Waals surface area (Å²) in [4.78, 5) is 25.7. The molecule has 0 aliphatic carbocycles. The second-order valence-corrected chi connectivity index (χ2v) is 5.88. The van der Waals surface area contributed by atoms with Gasteiger partial charge in [-0.25, -0.2) is 0 Å². The average Bonchev–Trinajstić information content (AvgIpc) is 2.59. The van der Waals surface area contributed by atoms with E-state index in [2.05, 4.69) is 11.4 Å². The van der Waals surface area contributed by atoms with Crippen LogP contribution in [0.2, 0.25) is 0 Å². The molecule has 0 radical (unpaired) electrons. The van der Waals surface area contributed by atoms with Crippen molar-refractivity contribution < 1.29 is 9.59 Å². The van der Waals surface area contributed by atoms with Crippen LogP contribution in [-0.4, -0.2) is 18.4 Å². The monoisotopic (exact) mass is 335 g/mol. The van der Waals surface area contributed by atoms with E-state index in [9.17, 15) is 9.59 Å². The zero-order valence-electron chi connectivity index (χ0n) is 14.7. The molecule has 0 saturated carbocycles. The van der Waals surface area contributed by atoms with E-state index in [1.54, 1.807) is 24.3 Å². The molecular formula is C20H21N3O2. The summed E-state index contributed by atoms with van der Waals surface area (Å²) in [5.74, 6) is -0.328. The van der Waals surface area contributed by atoms with Crippen LogP contribution in [0.3, 0.4) is 0 Å². The van der Waals surface area contributed by atoms with Gasteiger partial charge in [-0.2, -0.15) is 5.26 Å². The maximum Gasteiger partial charge on any atom is 0.226 e. The van der Waals surface area contributed by atoms with Crippen molar-refractivity contribution in [1.29, 1.82) is 5.26 Å². The van der Waals surface area contributed by atoms with E-state index < -0.39 is 0 Å². The van der Waals surface area contributed by atoms with Crippen molar-refractivity contribution in [2.75, 3.05) is 16.8 Å². The Labute approximate surface area is 147 Å². The maximum atomic E-state index is 12.3. The Bertz CT molecular complexity index is 837. The van der Waals surface area contributed by atoms with E-state index in [0.717, 1.165) is 16.8 Å². The minimum atomic E-state index is -0.172. The summed E-state index contributed by atoms with van der Waals surface area (Å²) in [6.07, 6.45) is 0.170. The lowest BCUT2D eigenvalue weighted by atomic mass is 10.1. The predicted octanol–water partition coefficient (Wildman–Crippen LogP) is 3.56. The standard InChI is InChI=1S/C20H21N3O2/c1-14-6-4-9-19(15(14)2)22-20(25)10-11-23(16(3)24)18-8-5-7-17(12-18)13-21/h4-9,12H,10-11H2,1-3H3,(H,22,25). The molecule has 2 amide bonds. The van der Waals surface area contributed by atoms with E-state index in [0.29, 0.717) is 11.3 Å². The molecule has 0 aromatic heterocycles. The number of hydrogen-bond donors (Lipinski definition) is 1. The number of nitrogens with zero attached hydrogens (tertiary/aromatic N) is 2. The van der Waals surface area contributed by atoms with E-state index in [1.165, 1.54) is 11.8 Å². The Morgan fingerprint density at radius 2 is 1.88 bits per heavy atom. The van der Waals surface area contributed by atoms with Gasteiger partial charge in [0.15, 0.2) is 0 Å². The van der Waals surface area contributed by atoms with Crippen LogP contribution >= 0.6 is 0 Å². The lowest BCUT2D eigenvalue weighted by Crippen LogP contribution is -2.32. The lowest BCUT2D eigenvalue weighted by Gasteiger charge is -2.21. The van der Waals surface area contributed by atoms with E-state index in [1.807, 2.05) is 32.0 Å². The largest absolute Gasteiger partial charge is 0.326 e. The number of nitrogens with one attached hydrogen (secondary N) is 1. The number of carbonyl (C=O) groups is 2. The van der Waals surface area contributed by atoms with Crippen LogP contribution in [0.1, 0.15) is 30.0 Å². The first-order valence-electron chi connectivity index (χ1n) is 8.06. The Morgan fingerprint density at radius 3 is 2.56 bits per heavy atom. The molecule has 2 aromatic carbocycles. The molecule has 25 heavy (non-hydrogen) atoms. The van der Waals surface area contributed by atoms with Gasteiger partial charge in [0.25, 0.3) is 0 Å². The van der Waals surface area contributed by atoms with Gasteiger partial charge >= 0.3 is 0 Å². The van der Waals surface area contributed by atoms with Gasteiger partial charge in [0.2, 0.25) is 11.8 Å². The number of hydrogen-bond acceptors (Lipinski definition) is 3. The molecule has 0 saturated heterocycles. The smallest absolute Gasteiger partial charge is 0.226 e. The summed E-state index contributed by atoms with van der Waals surface area (Å²) < 4.78 is 0. The van der Waals surface area contributed by atoms with Crippen molar-refractivity contribution in [3.63, 3.8) is 0 Å². The fourth-order valence-electron chi connectivity index (χ4n) is 2.52. The van der Waals surface area contributed by atoms with Crippen LogP contribution in [0.5, 0.6) is 0 Å². The summed E-state index contributed by atoms with van der Waals surface area (Å²) in [7, 11) is 0. The first-order chi connectivity index (χ1) is 11.9. The number of amides is 2. The van der Waals surface area contributed by atoms with E-state index in [-0.39, 0.29) is 24.8 Å². The molecule has 0 aliphatic heterocycles. The first-order valence-corrected chi connectivity index (χ1v) is 8.06. The number of nitriles is 1. The van der Waals surface area contributed by atoms with Gasteiger partial charge in [-0.3, -0.25) is 9.59 Å². The van der Waals surface area contributed by atoms with Crippen molar-refractivity contribution in [2.24, 2.45) is 0 Å². The second-order valence-electron chi connectivity index (χ2n) is 5.88. The molecule has 128 valence electrons. The molecule has 0 unspecified atom stereocenters. The van der Waals surface area contributed by atoms with Gasteiger partial charge in [0.1, 0.15) is 0 Å². The molecule has 1 N–H and O–H groups in total. The fourth-order valence-corrected chi connectivity index (χ4v) is 2.52. The summed E-state index contributed by atoms with van der Waals surface area (Å²) in [6, 6.07) is 14.6. The van der Waals surface area contributed by atoms with Gasteiger partial charge < -0.3 is 10.2 Å². The van der Waals surface area contributed by atoms with Crippen LogP contribution in [-0.2, 0) is 9.59 Å². The number of carbonyl (C=O) groups excluding carboxylic acids is 2. The summed E-state index contributed by atoms with van der Waals surface area (Å²) in [5, 5.41) is 11.9. The molecule has 0 bridgehead atoms. The van der Waals surface area contributed by atoms with Crippen molar-refractivity contribution in [1.82, 2.24) is 0 Å². The van der Waals surface area contributed by atoms with Crippen molar-refractivity contribution in [3.8, 4) is 6.07 Å². The Morgan fingerprint density at radius 1 is 1.16 bits per heavy atom. The zero-order chi connectivity index (χ0) is 18.4. The van der Waals surface area contributed by atoms with Gasteiger partial charge in [0.05, 0.1) is 11.6 Å². The van der Waals surface area contributed by atoms with Gasteiger partial charge in [0, 0.05) is 31.3 Å². The van der Waals surface area contributed by atoms with Crippen LogP contribution in [0, 0.1) is 25.2 Å². The number of benzene rings is 2. The second kappa shape index (κ2) is 8.11. The Hall–Kier alpha value is -3.13. The quantitative estimate of drug-likeness (QED) is 0.908. The van der Waals surface area contributed by atoms with Crippen molar-refractivity contribution in [3.05, 3.63) is 59.2 Å². The molecule has 2 rings (SSSR count). The third-order valence-corrected chi connectivity index (χ3v) is 4.11. The molecule has 0 spiro atoms. The summed E-state index contributed by atoms with van der Waals surface area (Å²) in [5.41, 5.74) is 4.01. The third-order valence-electron chi connectivity index (χ3n) is 4.11. The first kappa shape index (κ1) is 18.2. The van der Waals surface area contributed by atoms with Gasteiger partial charge in [-0.15, -0.1) is 0 Å². The number of aryl methyl sites for hydroxylation is 1. The topological polar surface area (TPSA) is 73.2 Å². The maximum absolute atomic E-state index is 12.3. The summed E-state index contributed by atoms with van der Waals surface area (Å²) >= 11 is 0. The highest BCUT2D eigenvalue weighted by molar-refractivity contribution is 5.95. The van der Waals surface area contributed by atoms with Gasteiger partial charge in [-0.05, 0) is 49.2 Å². The Balaban J connectivity index is 2.06. The molecular weight excluding hydrogens is 314 g/mol. The molecule has 5 nitrogen and oxygen atoms in total. The minimum Gasteiger partial charge on any atom is -0.326 e. The highest BCUT2D eigenvalue weighted by Crippen LogP contribution is 2.19. The van der Waals surface area contributed by atoms with Crippen molar-refractivity contribution >= 4 is 23.2 Å². The normalized spacial score (nSPS) is 10.0. The van der Waals surface area contributed by atoms with E-state index in [4.69, 9.17) is 5.26 Å². The fraction of sp³-hybridized carbons (Fsp3) is 0.250. The molecule has 2 aromatic rings. The third kappa shape index (κ3) is 4.67. The molecule has 0 fully saturated rings. The predicted molar refractivity (Wildman–Crippen MR) is 98.3 cm³/mol. The molecule has 5 heteroatoms. The van der Waals surface area contributed by atoms with Crippen LogP contribution in [0.15, 0.2) is 42.5 Å². The Kier molecular flexibility index (Phi) is 5.91. The molecule has 0 heterocycles. The highest BCUT2D eigenvalue weighted by Gasteiger charge is 2.14. The van der Waals surface area contributed by atoms with Gasteiger partial charge in [-0.1, -0.05) is 18.2 Å². The summed E-state index contributed by atoms with van der Waals surface area (Å²) in [6.45, 7) is 5.65. The van der Waals surface area contributed by atoms with Crippen LogP contribution in [0.25, 0.3) is 0 Å².